The summed E-state index contributed by atoms with van der Waals surface area (Å²) in [6.45, 7) is 0.373. The lowest BCUT2D eigenvalue weighted by Crippen LogP contribution is -2.16. The second-order valence-electron chi connectivity index (χ2n) is 6.44. The standard InChI is InChI=1S/C22H18N2O4/c23-22(26)16-3-1-14(2-4-16)21(15-7-10-24-11-8-15)28-17-5-6-18-19(25)9-12-27-20(18)13-17/h1-8,10-11,13,21H,9,12H2,(H2,23,26). The van der Waals surface area contributed by atoms with Crippen LogP contribution in [-0.2, 0) is 0 Å². The van der Waals surface area contributed by atoms with Crippen molar-refractivity contribution in [3.63, 3.8) is 0 Å². The van der Waals surface area contributed by atoms with Gasteiger partial charge in [-0.1, -0.05) is 12.1 Å². The number of aromatic nitrogens is 1. The van der Waals surface area contributed by atoms with Gasteiger partial charge in [0.2, 0.25) is 5.91 Å². The number of fused-ring (bicyclic) bond motifs is 1. The first-order valence-corrected chi connectivity index (χ1v) is 8.88. The van der Waals surface area contributed by atoms with Crippen LogP contribution in [0.4, 0.5) is 0 Å². The highest BCUT2D eigenvalue weighted by molar-refractivity contribution is 5.99. The lowest BCUT2D eigenvalue weighted by Gasteiger charge is -2.22. The minimum atomic E-state index is -0.482. The number of nitrogens with zero attached hydrogens (tertiary/aromatic N) is 1. The van der Waals surface area contributed by atoms with Crippen molar-refractivity contribution in [2.24, 2.45) is 5.73 Å². The Morgan fingerprint density at radius 3 is 2.46 bits per heavy atom. The fraction of sp³-hybridized carbons (Fsp3) is 0.136. The first-order chi connectivity index (χ1) is 13.6. The number of rotatable bonds is 5. The number of carbonyl (C=O) groups is 2. The molecule has 0 saturated heterocycles. The monoisotopic (exact) mass is 374 g/mol. The molecule has 1 atom stereocenters. The smallest absolute Gasteiger partial charge is 0.248 e. The number of hydrogen-bond donors (Lipinski definition) is 1. The summed E-state index contributed by atoms with van der Waals surface area (Å²) in [6.07, 6.45) is 3.34. The summed E-state index contributed by atoms with van der Waals surface area (Å²) in [7, 11) is 0. The molecule has 2 N–H and O–H groups in total. The number of hydrogen-bond acceptors (Lipinski definition) is 5. The van der Waals surface area contributed by atoms with Gasteiger partial charge in [0.15, 0.2) is 5.78 Å². The molecule has 1 unspecified atom stereocenters. The number of ether oxygens (including phenoxy) is 2. The zero-order chi connectivity index (χ0) is 19.5. The van der Waals surface area contributed by atoms with E-state index >= 15 is 0 Å². The highest BCUT2D eigenvalue weighted by Gasteiger charge is 2.21. The van der Waals surface area contributed by atoms with Gasteiger partial charge in [-0.3, -0.25) is 14.6 Å². The normalized spacial score (nSPS) is 13.9. The van der Waals surface area contributed by atoms with Crippen molar-refractivity contribution in [3.05, 3.63) is 89.2 Å². The maximum atomic E-state index is 12.0. The third kappa shape index (κ3) is 3.57. The van der Waals surface area contributed by atoms with Crippen molar-refractivity contribution in [2.45, 2.75) is 12.5 Å². The van der Waals surface area contributed by atoms with Gasteiger partial charge in [-0.05, 0) is 47.5 Å². The van der Waals surface area contributed by atoms with Gasteiger partial charge in [-0.2, -0.15) is 0 Å². The van der Waals surface area contributed by atoms with Crippen molar-refractivity contribution >= 4 is 11.7 Å². The van der Waals surface area contributed by atoms with E-state index in [1.165, 1.54) is 0 Å². The van der Waals surface area contributed by atoms with Crippen LogP contribution in [0.15, 0.2) is 67.0 Å². The fourth-order valence-corrected chi connectivity index (χ4v) is 3.14. The summed E-state index contributed by atoms with van der Waals surface area (Å²) in [5.74, 6) is 0.700. The predicted octanol–water partition coefficient (Wildman–Crippen LogP) is 3.31. The Kier molecular flexibility index (Phi) is 4.76. The maximum absolute atomic E-state index is 12.0. The van der Waals surface area contributed by atoms with Crippen molar-refractivity contribution in [1.29, 1.82) is 0 Å². The predicted molar refractivity (Wildman–Crippen MR) is 103 cm³/mol. The Hall–Kier alpha value is -3.67. The van der Waals surface area contributed by atoms with Crippen LogP contribution in [0.2, 0.25) is 0 Å². The summed E-state index contributed by atoms with van der Waals surface area (Å²) in [4.78, 5) is 27.4. The summed E-state index contributed by atoms with van der Waals surface area (Å²) in [6, 6.07) is 15.9. The Balaban J connectivity index is 1.68. The van der Waals surface area contributed by atoms with E-state index in [1.54, 1.807) is 42.7 Å². The minimum absolute atomic E-state index is 0.0699. The van der Waals surface area contributed by atoms with Gasteiger partial charge < -0.3 is 15.2 Å². The van der Waals surface area contributed by atoms with Crippen LogP contribution in [0, 0.1) is 0 Å². The molecule has 2 heterocycles. The topological polar surface area (TPSA) is 91.5 Å². The van der Waals surface area contributed by atoms with Crippen LogP contribution in [0.1, 0.15) is 44.4 Å². The molecule has 0 fully saturated rings. The summed E-state index contributed by atoms with van der Waals surface area (Å²) < 4.78 is 11.9. The zero-order valence-corrected chi connectivity index (χ0v) is 15.0. The molecule has 0 bridgehead atoms. The van der Waals surface area contributed by atoms with Crippen LogP contribution in [0.3, 0.4) is 0 Å². The Labute approximate surface area is 161 Å². The second kappa shape index (κ2) is 7.52. The molecule has 6 heteroatoms. The van der Waals surface area contributed by atoms with Crippen LogP contribution >= 0.6 is 0 Å². The van der Waals surface area contributed by atoms with Crippen molar-refractivity contribution in [1.82, 2.24) is 4.98 Å². The summed E-state index contributed by atoms with van der Waals surface area (Å²) in [5, 5.41) is 0. The molecule has 2 aromatic carbocycles. The van der Waals surface area contributed by atoms with Gasteiger partial charge in [-0.25, -0.2) is 0 Å². The van der Waals surface area contributed by atoms with Gasteiger partial charge in [0, 0.05) is 30.4 Å². The van der Waals surface area contributed by atoms with E-state index in [0.717, 1.165) is 11.1 Å². The first kappa shape index (κ1) is 17.7. The molecular weight excluding hydrogens is 356 g/mol. The molecule has 0 spiro atoms. The van der Waals surface area contributed by atoms with Crippen molar-refractivity contribution in [3.8, 4) is 11.5 Å². The van der Waals surface area contributed by atoms with Gasteiger partial charge in [0.1, 0.15) is 17.6 Å². The average molecular weight is 374 g/mol. The Morgan fingerprint density at radius 2 is 1.75 bits per heavy atom. The third-order valence-corrected chi connectivity index (χ3v) is 4.60. The minimum Gasteiger partial charge on any atom is -0.492 e. The number of ketones is 1. The lowest BCUT2D eigenvalue weighted by atomic mass is 10.0. The van der Waals surface area contributed by atoms with E-state index in [1.807, 2.05) is 24.3 Å². The van der Waals surface area contributed by atoms with E-state index in [0.29, 0.717) is 35.7 Å². The molecule has 28 heavy (non-hydrogen) atoms. The molecule has 1 aliphatic heterocycles. The number of pyridine rings is 1. The van der Waals surface area contributed by atoms with Crippen LogP contribution < -0.4 is 15.2 Å². The molecule has 1 aliphatic rings. The quantitative estimate of drug-likeness (QED) is 0.740. The van der Waals surface area contributed by atoms with Crippen LogP contribution in [-0.4, -0.2) is 23.3 Å². The number of Topliss-reactive ketones (excluding diaryl/α,β-unsaturated/α-hetero) is 1. The lowest BCUT2D eigenvalue weighted by molar-refractivity contribution is 0.0932. The third-order valence-electron chi connectivity index (χ3n) is 4.60. The maximum Gasteiger partial charge on any atom is 0.248 e. The van der Waals surface area contributed by atoms with E-state index in [4.69, 9.17) is 15.2 Å². The van der Waals surface area contributed by atoms with Crippen LogP contribution in [0.25, 0.3) is 0 Å². The zero-order valence-electron chi connectivity index (χ0n) is 15.0. The largest absolute Gasteiger partial charge is 0.492 e. The molecule has 6 nitrogen and oxygen atoms in total. The molecule has 140 valence electrons. The Morgan fingerprint density at radius 1 is 1.04 bits per heavy atom. The van der Waals surface area contributed by atoms with Crippen molar-refractivity contribution in [2.75, 3.05) is 6.61 Å². The Bertz CT molecular complexity index is 1020. The van der Waals surface area contributed by atoms with E-state index < -0.39 is 12.0 Å². The number of carbonyl (C=O) groups excluding carboxylic acids is 2. The molecule has 0 radical (unpaired) electrons. The number of nitrogens with two attached hydrogens (primary N) is 1. The number of primary amides is 1. The van der Waals surface area contributed by atoms with E-state index in [2.05, 4.69) is 4.98 Å². The van der Waals surface area contributed by atoms with Gasteiger partial charge in [0.05, 0.1) is 12.2 Å². The molecular formula is C22H18N2O4. The number of benzene rings is 2. The molecule has 3 aromatic rings. The van der Waals surface area contributed by atoms with Crippen molar-refractivity contribution < 1.29 is 19.1 Å². The average Bonchev–Trinajstić information content (AvgIpc) is 2.73. The SMILES string of the molecule is NC(=O)c1ccc(C(Oc2ccc3c(c2)OCCC3=O)c2ccncc2)cc1. The number of amides is 1. The highest BCUT2D eigenvalue weighted by Crippen LogP contribution is 2.33. The molecule has 0 saturated carbocycles. The molecule has 4 rings (SSSR count). The van der Waals surface area contributed by atoms with Gasteiger partial charge >= 0.3 is 0 Å². The molecule has 1 aromatic heterocycles. The van der Waals surface area contributed by atoms with Crippen LogP contribution in [0.5, 0.6) is 11.5 Å². The summed E-state index contributed by atoms with van der Waals surface area (Å²) >= 11 is 0. The first-order valence-electron chi connectivity index (χ1n) is 8.88. The molecule has 1 amide bonds. The highest BCUT2D eigenvalue weighted by atomic mass is 16.5. The van der Waals surface area contributed by atoms with E-state index in [9.17, 15) is 9.59 Å². The summed E-state index contributed by atoms with van der Waals surface area (Å²) in [5.41, 5.74) is 8.09. The van der Waals surface area contributed by atoms with Gasteiger partial charge in [0.25, 0.3) is 0 Å². The van der Waals surface area contributed by atoms with Gasteiger partial charge in [-0.15, -0.1) is 0 Å². The van der Waals surface area contributed by atoms with E-state index in [-0.39, 0.29) is 5.78 Å². The molecule has 0 aliphatic carbocycles. The fourth-order valence-electron chi connectivity index (χ4n) is 3.14. The second-order valence-corrected chi connectivity index (χ2v) is 6.44.